The van der Waals surface area contributed by atoms with E-state index in [-0.39, 0.29) is 0 Å². The minimum atomic E-state index is 0.444. The highest BCUT2D eigenvalue weighted by molar-refractivity contribution is 7.16. The predicted molar refractivity (Wildman–Crippen MR) is 95.8 cm³/mol. The van der Waals surface area contributed by atoms with Gasteiger partial charge < -0.3 is 5.32 Å². The van der Waals surface area contributed by atoms with Crippen LogP contribution in [0.5, 0.6) is 0 Å². The molecule has 1 fully saturated rings. The van der Waals surface area contributed by atoms with Crippen LogP contribution < -0.4 is 5.32 Å². The summed E-state index contributed by atoms with van der Waals surface area (Å²) in [5.74, 6) is 0.912. The average molecular weight is 299 g/mol. The van der Waals surface area contributed by atoms with Crippen molar-refractivity contribution < 1.29 is 0 Å². The van der Waals surface area contributed by atoms with E-state index in [1.54, 1.807) is 0 Å². The molecule has 0 saturated heterocycles. The molecule has 0 aromatic heterocycles. The smallest absolute Gasteiger partial charge is 0.0363 e. The molecule has 0 aliphatic heterocycles. The Kier molecular flexibility index (Phi) is 4.93. The maximum Gasteiger partial charge on any atom is 0.0363 e. The van der Waals surface area contributed by atoms with E-state index in [4.69, 9.17) is 0 Å². The number of fused-ring (bicyclic) bond motifs is 1. The van der Waals surface area contributed by atoms with Crippen LogP contribution in [-0.2, 0) is 0 Å². The summed E-state index contributed by atoms with van der Waals surface area (Å²) in [6.07, 6.45) is 6.47. The van der Waals surface area contributed by atoms with Crippen molar-refractivity contribution in [2.45, 2.75) is 44.7 Å². The molecule has 1 aliphatic rings. The summed E-state index contributed by atoms with van der Waals surface area (Å²) in [4.78, 5) is 0. The molecule has 0 radical (unpaired) electrons. The Morgan fingerprint density at radius 3 is 2.52 bits per heavy atom. The summed E-state index contributed by atoms with van der Waals surface area (Å²) in [7, 11) is 2.93. The van der Waals surface area contributed by atoms with Gasteiger partial charge in [0.25, 0.3) is 0 Å². The van der Waals surface area contributed by atoms with E-state index in [9.17, 15) is 0 Å². The van der Waals surface area contributed by atoms with Gasteiger partial charge in [-0.2, -0.15) is 0 Å². The molecule has 2 heteroatoms. The Hall–Kier alpha value is -0.910. The lowest BCUT2D eigenvalue weighted by Gasteiger charge is -2.31. The van der Waals surface area contributed by atoms with Gasteiger partial charge in [0, 0.05) is 12.1 Å². The highest BCUT2D eigenvalue weighted by atomic mass is 31.0. The first-order valence-corrected chi connectivity index (χ1v) is 9.03. The number of hydrogen-bond donors (Lipinski definition) is 1. The fourth-order valence-electron chi connectivity index (χ4n) is 3.55. The number of hydrogen-bond acceptors (Lipinski definition) is 1. The van der Waals surface area contributed by atoms with Crippen molar-refractivity contribution in [1.29, 1.82) is 0 Å². The molecule has 0 heterocycles. The van der Waals surface area contributed by atoms with Gasteiger partial charge in [-0.3, -0.25) is 0 Å². The van der Waals surface area contributed by atoms with Crippen LogP contribution in [-0.4, -0.2) is 12.2 Å². The van der Waals surface area contributed by atoms with Gasteiger partial charge in [-0.1, -0.05) is 49.4 Å². The highest BCUT2D eigenvalue weighted by Crippen LogP contribution is 2.29. The minimum Gasteiger partial charge on any atom is -0.307 e. The summed E-state index contributed by atoms with van der Waals surface area (Å²) < 4.78 is 0. The molecule has 0 bridgehead atoms. The molecule has 112 valence electrons. The quantitative estimate of drug-likeness (QED) is 0.790. The average Bonchev–Trinajstić information content (AvgIpc) is 2.54. The molecule has 1 aliphatic carbocycles. The number of nitrogens with one attached hydrogen (secondary N) is 1. The molecule has 2 atom stereocenters. The second-order valence-electron chi connectivity index (χ2n) is 6.48. The van der Waals surface area contributed by atoms with Crippen LogP contribution in [0.1, 0.15) is 44.2 Å². The van der Waals surface area contributed by atoms with Crippen LogP contribution in [0.15, 0.2) is 42.5 Å². The molecule has 1 N–H and O–H groups in total. The lowest BCUT2D eigenvalue weighted by atomic mass is 9.86. The molecule has 0 amide bonds. The van der Waals surface area contributed by atoms with Crippen LogP contribution in [0, 0.1) is 5.92 Å². The molecule has 2 aromatic carbocycles. The van der Waals surface area contributed by atoms with Crippen molar-refractivity contribution in [3.05, 3.63) is 48.0 Å². The van der Waals surface area contributed by atoms with Gasteiger partial charge in [0.15, 0.2) is 0 Å². The van der Waals surface area contributed by atoms with Gasteiger partial charge >= 0.3 is 0 Å². The first-order valence-electron chi connectivity index (χ1n) is 8.21. The van der Waals surface area contributed by atoms with E-state index < -0.39 is 0 Å². The molecule has 1 nitrogen and oxygen atoms in total. The Bertz CT molecular complexity index is 582. The second kappa shape index (κ2) is 6.90. The van der Waals surface area contributed by atoms with Crippen LogP contribution in [0.2, 0.25) is 0 Å². The Morgan fingerprint density at radius 2 is 1.76 bits per heavy atom. The second-order valence-corrected chi connectivity index (χ2v) is 6.95. The van der Waals surface area contributed by atoms with Crippen molar-refractivity contribution in [2.75, 3.05) is 6.16 Å². The van der Waals surface area contributed by atoms with Crippen LogP contribution in [0.3, 0.4) is 0 Å². The third-order valence-electron chi connectivity index (χ3n) is 4.89. The van der Waals surface area contributed by atoms with Crippen LogP contribution >= 0.6 is 9.24 Å². The van der Waals surface area contributed by atoms with Gasteiger partial charge in [0.05, 0.1) is 0 Å². The summed E-state index contributed by atoms with van der Waals surface area (Å²) in [5, 5.41) is 6.65. The zero-order valence-electron chi connectivity index (χ0n) is 12.9. The maximum absolute atomic E-state index is 3.91. The fraction of sp³-hybridized carbons (Fsp3) is 0.474. The third-order valence-corrected chi connectivity index (χ3v) is 5.36. The van der Waals surface area contributed by atoms with E-state index in [2.05, 4.69) is 63.9 Å². The summed E-state index contributed by atoms with van der Waals surface area (Å²) in [6.45, 7) is 2.38. The summed E-state index contributed by atoms with van der Waals surface area (Å²) in [6, 6.07) is 16.5. The van der Waals surface area contributed by atoms with Crippen molar-refractivity contribution >= 4 is 20.0 Å². The fourth-order valence-corrected chi connectivity index (χ4v) is 3.94. The predicted octanol–water partition coefficient (Wildman–Crippen LogP) is 4.92. The minimum absolute atomic E-state index is 0.444. The summed E-state index contributed by atoms with van der Waals surface area (Å²) in [5.41, 5.74) is 1.45. The molecular formula is C19H26NP. The molecule has 2 aromatic rings. The molecule has 1 saturated carbocycles. The number of benzene rings is 2. The van der Waals surface area contributed by atoms with E-state index in [0.29, 0.717) is 12.1 Å². The summed E-state index contributed by atoms with van der Waals surface area (Å²) >= 11 is 0. The molecule has 3 rings (SSSR count). The maximum atomic E-state index is 3.91. The first kappa shape index (κ1) is 15.0. The van der Waals surface area contributed by atoms with Gasteiger partial charge in [0.2, 0.25) is 0 Å². The standard InChI is InChI=1S/C19H26NP/c1-14-9-11-16(12-10-14)20-19(13-21)18-8-4-6-15-5-2-3-7-17(15)18/h2-8,14,16,19-20H,9-13,21H2,1H3. The highest BCUT2D eigenvalue weighted by Gasteiger charge is 2.21. The lowest BCUT2D eigenvalue weighted by Crippen LogP contribution is -2.36. The van der Waals surface area contributed by atoms with Gasteiger partial charge in [-0.15, -0.1) is 9.24 Å². The van der Waals surface area contributed by atoms with Crippen LogP contribution in [0.25, 0.3) is 10.8 Å². The van der Waals surface area contributed by atoms with E-state index in [1.807, 2.05) is 0 Å². The third kappa shape index (κ3) is 3.47. The zero-order valence-corrected chi connectivity index (χ0v) is 14.0. The van der Waals surface area contributed by atoms with Gasteiger partial charge in [0.1, 0.15) is 0 Å². The Labute approximate surface area is 130 Å². The molecule has 2 unspecified atom stereocenters. The Morgan fingerprint density at radius 1 is 1.05 bits per heavy atom. The van der Waals surface area contributed by atoms with Crippen molar-refractivity contribution in [1.82, 2.24) is 5.32 Å². The molecular weight excluding hydrogens is 273 g/mol. The topological polar surface area (TPSA) is 12.0 Å². The normalized spacial score (nSPS) is 24.1. The first-order chi connectivity index (χ1) is 10.3. The molecule has 21 heavy (non-hydrogen) atoms. The van der Waals surface area contributed by atoms with Gasteiger partial charge in [-0.05, 0) is 54.1 Å². The van der Waals surface area contributed by atoms with Crippen molar-refractivity contribution in [3.8, 4) is 0 Å². The monoisotopic (exact) mass is 299 g/mol. The van der Waals surface area contributed by atoms with Crippen molar-refractivity contribution in [3.63, 3.8) is 0 Å². The van der Waals surface area contributed by atoms with Crippen molar-refractivity contribution in [2.24, 2.45) is 5.92 Å². The SMILES string of the molecule is CC1CCC(NC(CP)c2cccc3ccccc23)CC1. The van der Waals surface area contributed by atoms with E-state index >= 15 is 0 Å². The largest absolute Gasteiger partial charge is 0.307 e. The number of rotatable bonds is 4. The van der Waals surface area contributed by atoms with Gasteiger partial charge in [-0.25, -0.2) is 0 Å². The van der Waals surface area contributed by atoms with Crippen LogP contribution in [0.4, 0.5) is 0 Å². The van der Waals surface area contributed by atoms with E-state index in [0.717, 1.165) is 12.1 Å². The molecule has 0 spiro atoms. The van der Waals surface area contributed by atoms with E-state index in [1.165, 1.54) is 42.0 Å². The lowest BCUT2D eigenvalue weighted by molar-refractivity contribution is 0.293. The zero-order chi connectivity index (χ0) is 14.7. The Balaban J connectivity index is 1.81.